The van der Waals surface area contributed by atoms with E-state index in [4.69, 9.17) is 0 Å². The number of rotatable bonds is 7. The summed E-state index contributed by atoms with van der Waals surface area (Å²) < 4.78 is 28.9. The van der Waals surface area contributed by atoms with Crippen molar-refractivity contribution in [1.29, 1.82) is 0 Å². The molecule has 4 nitrogen and oxygen atoms in total. The molecule has 0 saturated carbocycles. The molecule has 0 aromatic heterocycles. The molecule has 1 fully saturated rings. The average molecular weight is 376 g/mol. The maximum atomic E-state index is 12.3. The van der Waals surface area contributed by atoms with Crippen LogP contribution in [0.1, 0.15) is 30.2 Å². The molecule has 6 heteroatoms. The number of alkyl halides is 2. The van der Waals surface area contributed by atoms with Gasteiger partial charge in [0.1, 0.15) is 5.75 Å². The zero-order valence-corrected chi connectivity index (χ0v) is 15.5. The lowest BCUT2D eigenvalue weighted by Crippen LogP contribution is -2.48. The molecule has 2 aromatic carbocycles. The monoisotopic (exact) mass is 376 g/mol. The third kappa shape index (κ3) is 5.48. The van der Waals surface area contributed by atoms with Crippen LogP contribution >= 0.6 is 0 Å². The number of benzene rings is 2. The van der Waals surface area contributed by atoms with Crippen molar-refractivity contribution >= 4 is 0 Å². The molecule has 2 aromatic rings. The smallest absolute Gasteiger partial charge is 0.387 e. The first-order chi connectivity index (χ1) is 13.0. The Balaban J connectivity index is 1.49. The number of aliphatic hydroxyl groups is 1. The number of hydrogen-bond acceptors (Lipinski definition) is 4. The van der Waals surface area contributed by atoms with Crippen LogP contribution in [0.15, 0.2) is 54.6 Å². The topological polar surface area (TPSA) is 35.9 Å². The first-order valence-corrected chi connectivity index (χ1v) is 9.27. The molecular formula is C21H26F2N2O2. The first-order valence-electron chi connectivity index (χ1n) is 9.27. The molecule has 0 radical (unpaired) electrons. The minimum atomic E-state index is -2.80. The molecule has 2 unspecified atom stereocenters. The Morgan fingerprint density at radius 2 is 1.56 bits per heavy atom. The van der Waals surface area contributed by atoms with Crippen LogP contribution in [-0.2, 0) is 0 Å². The van der Waals surface area contributed by atoms with E-state index in [1.807, 2.05) is 42.5 Å². The van der Waals surface area contributed by atoms with E-state index in [9.17, 15) is 13.9 Å². The molecule has 0 bridgehead atoms. The third-order valence-corrected chi connectivity index (χ3v) is 5.16. The molecular weight excluding hydrogens is 350 g/mol. The van der Waals surface area contributed by atoms with Gasteiger partial charge in [0.15, 0.2) is 0 Å². The Morgan fingerprint density at radius 3 is 2.15 bits per heavy atom. The van der Waals surface area contributed by atoms with Gasteiger partial charge >= 0.3 is 6.61 Å². The van der Waals surface area contributed by atoms with E-state index in [1.165, 1.54) is 0 Å². The van der Waals surface area contributed by atoms with Crippen molar-refractivity contribution in [3.63, 3.8) is 0 Å². The number of aliphatic hydroxyl groups excluding tert-OH is 1. The highest BCUT2D eigenvalue weighted by atomic mass is 19.3. The fourth-order valence-corrected chi connectivity index (χ4v) is 3.50. The fraction of sp³-hybridized carbons (Fsp3) is 0.429. The lowest BCUT2D eigenvalue weighted by Gasteiger charge is -2.39. The van der Waals surface area contributed by atoms with Gasteiger partial charge in [-0.2, -0.15) is 8.78 Å². The van der Waals surface area contributed by atoms with Gasteiger partial charge in [0.2, 0.25) is 0 Å². The molecule has 3 rings (SSSR count). The summed E-state index contributed by atoms with van der Waals surface area (Å²) in [6.45, 7) is 3.54. The largest absolute Gasteiger partial charge is 0.435 e. The van der Waals surface area contributed by atoms with Gasteiger partial charge in [-0.15, -0.1) is 0 Å². The zero-order valence-electron chi connectivity index (χ0n) is 15.5. The third-order valence-electron chi connectivity index (χ3n) is 5.16. The highest BCUT2D eigenvalue weighted by molar-refractivity contribution is 5.29. The first kappa shape index (κ1) is 19.7. The Hall–Kier alpha value is -2.02. The van der Waals surface area contributed by atoms with Crippen molar-refractivity contribution in [1.82, 2.24) is 9.80 Å². The molecule has 146 valence electrons. The number of piperazine rings is 1. The Kier molecular flexibility index (Phi) is 6.77. The maximum Gasteiger partial charge on any atom is 0.387 e. The summed E-state index contributed by atoms with van der Waals surface area (Å²) in [5.74, 6) is 0.181. The summed E-state index contributed by atoms with van der Waals surface area (Å²) in [4.78, 5) is 4.65. The van der Waals surface area contributed by atoms with Gasteiger partial charge in [0.05, 0.1) is 6.10 Å². The second-order valence-electron chi connectivity index (χ2n) is 6.89. The van der Waals surface area contributed by atoms with E-state index in [0.29, 0.717) is 6.54 Å². The van der Waals surface area contributed by atoms with Gasteiger partial charge in [-0.05, 0) is 30.2 Å². The Morgan fingerprint density at radius 1 is 0.926 bits per heavy atom. The van der Waals surface area contributed by atoms with E-state index >= 15 is 0 Å². The normalized spacial score (nSPS) is 18.4. The second-order valence-corrected chi connectivity index (χ2v) is 6.89. The SMILES string of the molecule is CC(c1ccc(OC(F)F)cc1)N1CCN(CC(O)c2ccccc2)CC1. The Bertz CT molecular complexity index is 689. The average Bonchev–Trinajstić information content (AvgIpc) is 2.69. The van der Waals surface area contributed by atoms with Crippen molar-refractivity contribution in [2.75, 3.05) is 32.7 Å². The van der Waals surface area contributed by atoms with Crippen LogP contribution in [0.2, 0.25) is 0 Å². The molecule has 1 heterocycles. The second kappa shape index (κ2) is 9.26. The molecule has 1 saturated heterocycles. The van der Waals surface area contributed by atoms with Crippen molar-refractivity contribution in [3.05, 3.63) is 65.7 Å². The van der Waals surface area contributed by atoms with Crippen LogP contribution in [0.4, 0.5) is 8.78 Å². The van der Waals surface area contributed by atoms with Gasteiger partial charge in [0, 0.05) is 38.8 Å². The maximum absolute atomic E-state index is 12.3. The highest BCUT2D eigenvalue weighted by Gasteiger charge is 2.23. The lowest BCUT2D eigenvalue weighted by molar-refractivity contribution is -0.0498. The predicted molar refractivity (Wildman–Crippen MR) is 101 cm³/mol. The standard InChI is InChI=1S/C21H26F2N2O2/c1-16(17-7-9-19(10-8-17)27-21(22)23)25-13-11-24(12-14-25)15-20(26)18-5-3-2-4-6-18/h2-10,16,20-21,26H,11-15H2,1H3. The highest BCUT2D eigenvalue weighted by Crippen LogP contribution is 2.25. The minimum absolute atomic E-state index is 0.181. The molecule has 0 spiro atoms. The number of nitrogens with zero attached hydrogens (tertiary/aromatic N) is 2. The van der Waals surface area contributed by atoms with E-state index in [1.54, 1.807) is 12.1 Å². The lowest BCUT2D eigenvalue weighted by atomic mass is 10.1. The van der Waals surface area contributed by atoms with Crippen molar-refractivity contribution in [2.45, 2.75) is 25.7 Å². The summed E-state index contributed by atoms with van der Waals surface area (Å²) in [6, 6.07) is 16.8. The van der Waals surface area contributed by atoms with Gasteiger partial charge in [-0.25, -0.2) is 0 Å². The van der Waals surface area contributed by atoms with Gasteiger partial charge in [-0.1, -0.05) is 42.5 Å². The molecule has 0 aliphatic carbocycles. The van der Waals surface area contributed by atoms with Crippen molar-refractivity contribution in [3.8, 4) is 5.75 Å². The summed E-state index contributed by atoms with van der Waals surface area (Å²) in [5, 5.41) is 10.4. The summed E-state index contributed by atoms with van der Waals surface area (Å²) in [7, 11) is 0. The van der Waals surface area contributed by atoms with Crippen molar-refractivity contribution < 1.29 is 18.6 Å². The van der Waals surface area contributed by atoms with E-state index in [2.05, 4.69) is 21.5 Å². The summed E-state index contributed by atoms with van der Waals surface area (Å²) in [6.07, 6.45) is -0.474. The summed E-state index contributed by atoms with van der Waals surface area (Å²) >= 11 is 0. The number of halogens is 2. The molecule has 27 heavy (non-hydrogen) atoms. The van der Waals surface area contributed by atoms with E-state index in [-0.39, 0.29) is 11.8 Å². The number of hydrogen-bond donors (Lipinski definition) is 1. The van der Waals surface area contributed by atoms with Gasteiger partial charge in [0.25, 0.3) is 0 Å². The van der Waals surface area contributed by atoms with Crippen LogP contribution in [0.3, 0.4) is 0 Å². The van der Waals surface area contributed by atoms with Crippen LogP contribution < -0.4 is 4.74 Å². The van der Waals surface area contributed by atoms with Crippen LogP contribution in [0.5, 0.6) is 5.75 Å². The van der Waals surface area contributed by atoms with Crippen LogP contribution in [0, 0.1) is 0 Å². The molecule has 2 atom stereocenters. The van der Waals surface area contributed by atoms with Crippen LogP contribution in [-0.4, -0.2) is 54.2 Å². The van der Waals surface area contributed by atoms with E-state index in [0.717, 1.165) is 37.3 Å². The number of ether oxygens (including phenoxy) is 1. The fourth-order valence-electron chi connectivity index (χ4n) is 3.50. The van der Waals surface area contributed by atoms with Crippen LogP contribution in [0.25, 0.3) is 0 Å². The molecule has 0 amide bonds. The summed E-state index contributed by atoms with van der Waals surface area (Å²) in [5.41, 5.74) is 2.02. The van der Waals surface area contributed by atoms with Gasteiger partial charge < -0.3 is 9.84 Å². The quantitative estimate of drug-likeness (QED) is 0.799. The number of β-amino-alcohol motifs (C(OH)–C–C–N with tert-alkyl or cyclic N) is 1. The minimum Gasteiger partial charge on any atom is -0.435 e. The predicted octanol–water partition coefficient (Wildman–Crippen LogP) is 3.70. The zero-order chi connectivity index (χ0) is 19.2. The molecule has 1 aliphatic rings. The molecule has 1 N–H and O–H groups in total. The van der Waals surface area contributed by atoms with E-state index < -0.39 is 12.7 Å². The van der Waals surface area contributed by atoms with Gasteiger partial charge in [-0.3, -0.25) is 9.80 Å². The van der Waals surface area contributed by atoms with Crippen molar-refractivity contribution in [2.24, 2.45) is 0 Å². The molecule has 1 aliphatic heterocycles. The Labute approximate surface area is 159 Å².